The van der Waals surface area contributed by atoms with E-state index in [-0.39, 0.29) is 0 Å². The third-order valence-corrected chi connectivity index (χ3v) is 9.65. The minimum Gasteiger partial charge on any atom is -0.310 e. The standard InChI is InChI=1S/C40H27BrN2S/c41-29-24-33(26-34(25-29)43(31-16-5-2-6-17-31)38-20-11-13-28-12-7-8-18-35(28)38)42(30-14-3-1-4-15-30)32-22-23-40-37(27-32)36-19-9-10-21-39(36)44-40/h1-27H. The summed E-state index contributed by atoms with van der Waals surface area (Å²) < 4.78 is 3.61. The second kappa shape index (κ2) is 11.3. The molecule has 4 heteroatoms. The zero-order valence-corrected chi connectivity index (χ0v) is 26.2. The number of hydrogen-bond acceptors (Lipinski definition) is 3. The van der Waals surface area contributed by atoms with Crippen LogP contribution in [0.2, 0.25) is 0 Å². The molecule has 44 heavy (non-hydrogen) atoms. The third kappa shape index (κ3) is 4.83. The van der Waals surface area contributed by atoms with E-state index < -0.39 is 0 Å². The first-order chi connectivity index (χ1) is 21.7. The van der Waals surface area contributed by atoms with Gasteiger partial charge < -0.3 is 9.80 Å². The summed E-state index contributed by atoms with van der Waals surface area (Å²) >= 11 is 5.75. The van der Waals surface area contributed by atoms with Crippen LogP contribution >= 0.6 is 27.3 Å². The molecule has 0 bridgehead atoms. The molecule has 7 aromatic carbocycles. The maximum Gasteiger partial charge on any atom is 0.0540 e. The molecule has 8 aromatic rings. The van der Waals surface area contributed by atoms with Crippen LogP contribution in [-0.4, -0.2) is 0 Å². The predicted molar refractivity (Wildman–Crippen MR) is 194 cm³/mol. The fraction of sp³-hybridized carbons (Fsp3) is 0. The van der Waals surface area contributed by atoms with E-state index in [0.29, 0.717) is 0 Å². The molecule has 0 amide bonds. The maximum absolute atomic E-state index is 3.90. The average molecular weight is 648 g/mol. The van der Waals surface area contributed by atoms with Gasteiger partial charge in [-0.1, -0.05) is 107 Å². The lowest BCUT2D eigenvalue weighted by atomic mass is 10.1. The number of para-hydroxylation sites is 2. The Morgan fingerprint density at radius 3 is 1.75 bits per heavy atom. The number of fused-ring (bicyclic) bond motifs is 4. The number of rotatable bonds is 6. The molecule has 0 spiro atoms. The maximum atomic E-state index is 3.90. The highest BCUT2D eigenvalue weighted by atomic mass is 79.9. The Labute approximate surface area is 269 Å². The van der Waals surface area contributed by atoms with Crippen LogP contribution in [0.4, 0.5) is 34.1 Å². The molecule has 1 heterocycles. The van der Waals surface area contributed by atoms with E-state index in [1.165, 1.54) is 30.9 Å². The van der Waals surface area contributed by atoms with Crippen LogP contribution in [0.1, 0.15) is 0 Å². The number of hydrogen-bond donors (Lipinski definition) is 0. The van der Waals surface area contributed by atoms with Crippen LogP contribution in [0.5, 0.6) is 0 Å². The highest BCUT2D eigenvalue weighted by Gasteiger charge is 2.20. The first-order valence-electron chi connectivity index (χ1n) is 14.6. The molecular weight excluding hydrogens is 620 g/mol. The predicted octanol–water partition coefficient (Wildman–Crippen LogP) is 12.9. The second-order valence-electron chi connectivity index (χ2n) is 10.8. The van der Waals surface area contributed by atoms with E-state index in [4.69, 9.17) is 0 Å². The Hall–Kier alpha value is -4.90. The van der Waals surface area contributed by atoms with Gasteiger partial charge in [-0.15, -0.1) is 11.3 Å². The summed E-state index contributed by atoms with van der Waals surface area (Å²) in [6.45, 7) is 0. The number of nitrogens with zero attached hydrogens (tertiary/aromatic N) is 2. The van der Waals surface area contributed by atoms with Crippen molar-refractivity contribution >= 4 is 92.3 Å². The van der Waals surface area contributed by atoms with Gasteiger partial charge >= 0.3 is 0 Å². The highest BCUT2D eigenvalue weighted by Crippen LogP contribution is 2.45. The van der Waals surface area contributed by atoms with Crippen LogP contribution in [0.25, 0.3) is 30.9 Å². The van der Waals surface area contributed by atoms with Crippen molar-refractivity contribution in [2.75, 3.05) is 9.80 Å². The van der Waals surface area contributed by atoms with Gasteiger partial charge in [-0.2, -0.15) is 0 Å². The minimum atomic E-state index is 1.01. The van der Waals surface area contributed by atoms with E-state index in [0.717, 1.165) is 38.6 Å². The van der Waals surface area contributed by atoms with Crippen LogP contribution in [-0.2, 0) is 0 Å². The molecule has 0 aliphatic heterocycles. The molecule has 8 rings (SSSR count). The van der Waals surface area contributed by atoms with Gasteiger partial charge in [0.2, 0.25) is 0 Å². The van der Waals surface area contributed by atoms with Gasteiger partial charge in [-0.3, -0.25) is 0 Å². The summed E-state index contributed by atoms with van der Waals surface area (Å²) in [4.78, 5) is 4.71. The van der Waals surface area contributed by atoms with Gasteiger partial charge in [-0.05, 0) is 78.2 Å². The number of benzene rings is 7. The molecule has 0 radical (unpaired) electrons. The molecule has 0 aliphatic carbocycles. The quantitative estimate of drug-likeness (QED) is 0.177. The van der Waals surface area contributed by atoms with Crippen LogP contribution < -0.4 is 9.80 Å². The van der Waals surface area contributed by atoms with Crippen molar-refractivity contribution < 1.29 is 0 Å². The number of thiophene rings is 1. The van der Waals surface area contributed by atoms with Crippen molar-refractivity contribution in [3.05, 3.63) is 168 Å². The lowest BCUT2D eigenvalue weighted by Gasteiger charge is -2.30. The molecule has 2 nitrogen and oxygen atoms in total. The fourth-order valence-electron chi connectivity index (χ4n) is 6.10. The molecule has 0 aliphatic rings. The van der Waals surface area contributed by atoms with Gasteiger partial charge in [-0.25, -0.2) is 0 Å². The normalized spacial score (nSPS) is 11.3. The minimum absolute atomic E-state index is 1.01. The molecule has 210 valence electrons. The molecule has 0 fully saturated rings. The van der Waals surface area contributed by atoms with Crippen molar-refractivity contribution in [3.8, 4) is 0 Å². The SMILES string of the molecule is Brc1cc(N(c2ccccc2)c2ccc3sc4ccccc4c3c2)cc(N(c2ccccc2)c2cccc3ccccc23)c1. The number of anilines is 6. The largest absolute Gasteiger partial charge is 0.310 e. The summed E-state index contributed by atoms with van der Waals surface area (Å²) in [5.41, 5.74) is 6.60. The van der Waals surface area contributed by atoms with Gasteiger partial charge in [0.05, 0.1) is 5.69 Å². The van der Waals surface area contributed by atoms with Crippen LogP contribution in [0, 0.1) is 0 Å². The highest BCUT2D eigenvalue weighted by molar-refractivity contribution is 9.10. The Bertz CT molecular complexity index is 2250. The van der Waals surface area contributed by atoms with Gasteiger partial charge in [0.1, 0.15) is 0 Å². The smallest absolute Gasteiger partial charge is 0.0540 e. The lowest BCUT2D eigenvalue weighted by molar-refractivity contribution is 1.25. The van der Waals surface area contributed by atoms with Crippen molar-refractivity contribution in [1.82, 2.24) is 0 Å². The second-order valence-corrected chi connectivity index (χ2v) is 12.8. The topological polar surface area (TPSA) is 6.48 Å². The fourth-order valence-corrected chi connectivity index (χ4v) is 7.66. The monoisotopic (exact) mass is 646 g/mol. The zero-order chi connectivity index (χ0) is 29.5. The van der Waals surface area contributed by atoms with Crippen molar-refractivity contribution in [2.24, 2.45) is 0 Å². The van der Waals surface area contributed by atoms with Crippen molar-refractivity contribution in [3.63, 3.8) is 0 Å². The summed E-state index contributed by atoms with van der Waals surface area (Å²) in [5, 5.41) is 4.99. The Balaban J connectivity index is 1.35. The summed E-state index contributed by atoms with van der Waals surface area (Å²) in [7, 11) is 0. The first-order valence-corrected chi connectivity index (χ1v) is 16.2. The first kappa shape index (κ1) is 26.7. The Kier molecular flexibility index (Phi) is 6.86. The molecule has 0 saturated heterocycles. The Morgan fingerprint density at radius 1 is 0.386 bits per heavy atom. The molecule has 0 saturated carbocycles. The molecule has 0 atom stereocenters. The van der Waals surface area contributed by atoms with E-state index >= 15 is 0 Å². The molecule has 0 unspecified atom stereocenters. The van der Waals surface area contributed by atoms with E-state index in [2.05, 4.69) is 190 Å². The summed E-state index contributed by atoms with van der Waals surface area (Å²) in [6, 6.07) is 58.6. The van der Waals surface area contributed by atoms with E-state index in [1.807, 2.05) is 11.3 Å². The number of halogens is 1. The summed E-state index contributed by atoms with van der Waals surface area (Å²) in [5.74, 6) is 0. The van der Waals surface area contributed by atoms with Gasteiger partial charge in [0, 0.05) is 58.5 Å². The zero-order valence-electron chi connectivity index (χ0n) is 23.8. The van der Waals surface area contributed by atoms with Crippen LogP contribution in [0.15, 0.2) is 168 Å². The van der Waals surface area contributed by atoms with Crippen molar-refractivity contribution in [2.45, 2.75) is 0 Å². The van der Waals surface area contributed by atoms with Gasteiger partial charge in [0.25, 0.3) is 0 Å². The lowest BCUT2D eigenvalue weighted by Crippen LogP contribution is -2.13. The van der Waals surface area contributed by atoms with E-state index in [9.17, 15) is 0 Å². The van der Waals surface area contributed by atoms with Crippen molar-refractivity contribution in [1.29, 1.82) is 0 Å². The van der Waals surface area contributed by atoms with E-state index in [1.54, 1.807) is 0 Å². The molecule has 0 N–H and O–H groups in total. The third-order valence-electron chi connectivity index (χ3n) is 8.04. The molecule has 1 aromatic heterocycles. The average Bonchev–Trinajstić information content (AvgIpc) is 3.44. The summed E-state index contributed by atoms with van der Waals surface area (Å²) in [6.07, 6.45) is 0. The molecular formula is C40H27BrN2S. The Morgan fingerprint density at radius 2 is 0.977 bits per heavy atom. The van der Waals surface area contributed by atoms with Crippen LogP contribution in [0.3, 0.4) is 0 Å². The van der Waals surface area contributed by atoms with Gasteiger partial charge in [0.15, 0.2) is 0 Å².